The number of rotatable bonds is 0. The first kappa shape index (κ1) is 17.9. The molecule has 0 bridgehead atoms. The van der Waals surface area contributed by atoms with Crippen LogP contribution in [0.25, 0.3) is 0 Å². The molecule has 0 aliphatic rings. The van der Waals surface area contributed by atoms with Crippen molar-refractivity contribution in [1.29, 1.82) is 0 Å². The lowest BCUT2D eigenvalue weighted by atomic mass is 10.2. The lowest BCUT2D eigenvalue weighted by Crippen LogP contribution is -1.79. The molecule has 0 aromatic heterocycles. The van der Waals surface area contributed by atoms with E-state index in [1.165, 1.54) is 18.2 Å². The van der Waals surface area contributed by atoms with Crippen LogP contribution in [0.4, 0.5) is 0 Å². The molecule has 0 unspecified atom stereocenters. The second-order valence-electron chi connectivity index (χ2n) is 3.92. The number of halogens is 4. The van der Waals surface area contributed by atoms with E-state index in [1.807, 2.05) is 0 Å². The standard InChI is InChI=1S/C7H6Cl2O2.C6H4Cl2O2/c1-3-5(10)2-4(8)7(11)6(3)9;7-4-1-3(9)2-5(8)6(4)10/h2,10-11H,1H3;1-2,9-10H. The lowest BCUT2D eigenvalue weighted by Gasteiger charge is -2.04. The van der Waals surface area contributed by atoms with Crippen molar-refractivity contribution < 1.29 is 20.4 Å². The summed E-state index contributed by atoms with van der Waals surface area (Å²) in [5.41, 5.74) is 0.425. The summed E-state index contributed by atoms with van der Waals surface area (Å²) in [7, 11) is 0. The molecule has 0 saturated heterocycles. The molecule has 0 heterocycles. The second-order valence-corrected chi connectivity index (χ2v) is 5.52. The van der Waals surface area contributed by atoms with Gasteiger partial charge in [0, 0.05) is 23.8 Å². The van der Waals surface area contributed by atoms with Gasteiger partial charge in [-0.15, -0.1) is 0 Å². The number of hydrogen-bond donors (Lipinski definition) is 4. The zero-order chi connectivity index (χ0) is 16.3. The van der Waals surface area contributed by atoms with Gasteiger partial charge in [-0.25, -0.2) is 0 Å². The normalized spacial score (nSPS) is 9.95. The quantitative estimate of drug-likeness (QED) is 0.484. The minimum Gasteiger partial charge on any atom is -0.508 e. The van der Waals surface area contributed by atoms with E-state index >= 15 is 0 Å². The van der Waals surface area contributed by atoms with Crippen molar-refractivity contribution >= 4 is 46.4 Å². The Bertz CT molecular complexity index is 624. The minimum atomic E-state index is -0.207. The Morgan fingerprint density at radius 3 is 1.62 bits per heavy atom. The Labute approximate surface area is 140 Å². The molecule has 0 spiro atoms. The van der Waals surface area contributed by atoms with E-state index in [4.69, 9.17) is 66.8 Å². The van der Waals surface area contributed by atoms with Crippen LogP contribution in [-0.2, 0) is 0 Å². The van der Waals surface area contributed by atoms with E-state index < -0.39 is 0 Å². The van der Waals surface area contributed by atoms with Gasteiger partial charge in [0.05, 0.1) is 20.1 Å². The van der Waals surface area contributed by atoms with Crippen molar-refractivity contribution in [1.82, 2.24) is 0 Å². The van der Waals surface area contributed by atoms with Crippen LogP contribution < -0.4 is 0 Å². The van der Waals surface area contributed by atoms with Gasteiger partial charge in [-0.3, -0.25) is 0 Å². The summed E-state index contributed by atoms with van der Waals surface area (Å²) in [6, 6.07) is 3.67. The number of aromatic hydroxyl groups is 4. The van der Waals surface area contributed by atoms with Gasteiger partial charge in [-0.1, -0.05) is 46.4 Å². The molecule has 0 aliphatic heterocycles. The molecule has 0 saturated carbocycles. The number of benzene rings is 2. The van der Waals surface area contributed by atoms with E-state index in [2.05, 4.69) is 0 Å². The predicted molar refractivity (Wildman–Crippen MR) is 84.3 cm³/mol. The molecular weight excluding hydrogens is 362 g/mol. The van der Waals surface area contributed by atoms with E-state index in [-0.39, 0.29) is 43.1 Å². The van der Waals surface area contributed by atoms with Gasteiger partial charge in [-0.2, -0.15) is 0 Å². The van der Waals surface area contributed by atoms with Crippen LogP contribution in [-0.4, -0.2) is 20.4 Å². The Hall–Kier alpha value is -1.20. The average Bonchev–Trinajstić information content (AvgIpc) is 2.41. The highest BCUT2D eigenvalue weighted by Gasteiger charge is 2.10. The molecule has 2 rings (SSSR count). The van der Waals surface area contributed by atoms with E-state index in [9.17, 15) is 0 Å². The Morgan fingerprint density at radius 2 is 1.14 bits per heavy atom. The lowest BCUT2D eigenvalue weighted by molar-refractivity contribution is 0.457. The van der Waals surface area contributed by atoms with Crippen LogP contribution in [0.15, 0.2) is 18.2 Å². The number of phenols is 4. The third kappa shape index (κ3) is 4.38. The summed E-state index contributed by atoms with van der Waals surface area (Å²) >= 11 is 21.9. The van der Waals surface area contributed by atoms with Gasteiger partial charge in [0.15, 0.2) is 11.5 Å². The summed E-state index contributed by atoms with van der Waals surface area (Å²) in [5.74, 6) is -0.477. The van der Waals surface area contributed by atoms with E-state index in [0.717, 1.165) is 0 Å². The highest BCUT2D eigenvalue weighted by molar-refractivity contribution is 6.38. The van der Waals surface area contributed by atoms with Crippen LogP contribution in [0.2, 0.25) is 20.1 Å². The molecule has 8 heteroatoms. The zero-order valence-electron chi connectivity index (χ0n) is 10.5. The van der Waals surface area contributed by atoms with Gasteiger partial charge >= 0.3 is 0 Å². The van der Waals surface area contributed by atoms with E-state index in [0.29, 0.717) is 5.56 Å². The van der Waals surface area contributed by atoms with Gasteiger partial charge in [0.2, 0.25) is 0 Å². The molecule has 4 N–H and O–H groups in total. The highest BCUT2D eigenvalue weighted by Crippen LogP contribution is 2.38. The Kier molecular flexibility index (Phi) is 6.10. The minimum absolute atomic E-state index is 0.0159. The van der Waals surface area contributed by atoms with Crippen LogP contribution in [0.1, 0.15) is 5.56 Å². The molecular formula is C13H10Cl4O4. The summed E-state index contributed by atoms with van der Waals surface area (Å²) in [4.78, 5) is 0. The van der Waals surface area contributed by atoms with Gasteiger partial charge in [0.1, 0.15) is 11.5 Å². The first-order chi connectivity index (χ1) is 9.65. The summed E-state index contributed by atoms with van der Waals surface area (Å²) < 4.78 is 0. The maximum atomic E-state index is 9.14. The van der Waals surface area contributed by atoms with Crippen molar-refractivity contribution in [3.8, 4) is 23.0 Å². The van der Waals surface area contributed by atoms with Gasteiger partial charge < -0.3 is 20.4 Å². The highest BCUT2D eigenvalue weighted by atomic mass is 35.5. The average molecular weight is 372 g/mol. The van der Waals surface area contributed by atoms with Crippen LogP contribution in [0.3, 0.4) is 0 Å². The first-order valence-electron chi connectivity index (χ1n) is 5.38. The summed E-state index contributed by atoms with van der Waals surface area (Å²) in [6.07, 6.45) is 0. The molecule has 2 aromatic carbocycles. The molecule has 0 aliphatic carbocycles. The number of phenolic OH excluding ortho intramolecular Hbond substituents is 4. The maximum Gasteiger partial charge on any atom is 0.153 e. The van der Waals surface area contributed by atoms with Crippen molar-refractivity contribution in [2.75, 3.05) is 0 Å². The van der Waals surface area contributed by atoms with Crippen molar-refractivity contribution in [3.05, 3.63) is 43.9 Å². The van der Waals surface area contributed by atoms with Gasteiger partial charge in [0.25, 0.3) is 0 Å². The monoisotopic (exact) mass is 370 g/mol. The molecule has 21 heavy (non-hydrogen) atoms. The largest absolute Gasteiger partial charge is 0.508 e. The van der Waals surface area contributed by atoms with Gasteiger partial charge in [-0.05, 0) is 6.92 Å². The van der Waals surface area contributed by atoms with Crippen molar-refractivity contribution in [3.63, 3.8) is 0 Å². The summed E-state index contributed by atoms with van der Waals surface area (Å²) in [5, 5.41) is 36.3. The zero-order valence-corrected chi connectivity index (χ0v) is 13.6. The van der Waals surface area contributed by atoms with Crippen LogP contribution >= 0.6 is 46.4 Å². The fourth-order valence-corrected chi connectivity index (χ4v) is 2.16. The van der Waals surface area contributed by atoms with Crippen molar-refractivity contribution in [2.45, 2.75) is 6.92 Å². The topological polar surface area (TPSA) is 80.9 Å². The molecule has 4 nitrogen and oxygen atoms in total. The molecule has 114 valence electrons. The van der Waals surface area contributed by atoms with Crippen LogP contribution in [0, 0.1) is 6.92 Å². The van der Waals surface area contributed by atoms with Crippen molar-refractivity contribution in [2.24, 2.45) is 0 Å². The fourth-order valence-electron chi connectivity index (χ4n) is 1.24. The smallest absolute Gasteiger partial charge is 0.153 e. The predicted octanol–water partition coefficient (Wildman–Crippen LogP) is 5.12. The maximum absolute atomic E-state index is 9.14. The molecule has 0 fully saturated rings. The molecule has 0 amide bonds. The molecule has 2 aromatic rings. The second kappa shape index (κ2) is 7.18. The fraction of sp³-hybridized carbons (Fsp3) is 0.0769. The third-order valence-corrected chi connectivity index (χ3v) is 3.74. The third-order valence-electron chi connectivity index (χ3n) is 2.41. The van der Waals surface area contributed by atoms with E-state index in [1.54, 1.807) is 6.92 Å². The molecule has 0 radical (unpaired) electrons. The van der Waals surface area contributed by atoms with Crippen LogP contribution in [0.5, 0.6) is 23.0 Å². The SMILES string of the molecule is Cc1c(O)cc(Cl)c(O)c1Cl.Oc1cc(Cl)c(O)c(Cl)c1. The first-order valence-corrected chi connectivity index (χ1v) is 6.89. The Morgan fingerprint density at radius 1 is 0.714 bits per heavy atom. The molecule has 0 atom stereocenters. The summed E-state index contributed by atoms with van der Waals surface area (Å²) in [6.45, 7) is 1.59. The Balaban J connectivity index is 0.000000211. The number of hydrogen-bond acceptors (Lipinski definition) is 4.